The van der Waals surface area contributed by atoms with Crippen molar-refractivity contribution in [3.8, 4) is 5.75 Å². The van der Waals surface area contributed by atoms with Crippen LogP contribution in [-0.2, 0) is 21.4 Å². The molecule has 0 unspecified atom stereocenters. The normalized spacial score (nSPS) is 12.0. The van der Waals surface area contributed by atoms with Crippen LogP contribution in [0.3, 0.4) is 0 Å². The number of nitrogens with one attached hydrogen (secondary N) is 1. The van der Waals surface area contributed by atoms with E-state index in [0.717, 1.165) is 11.8 Å². The quantitative estimate of drug-likeness (QED) is 0.787. The molecule has 0 aliphatic rings. The highest BCUT2D eigenvalue weighted by atomic mass is 32.2. The number of sulfonamides is 1. The molecule has 0 aliphatic carbocycles. The molecule has 0 bridgehead atoms. The zero-order chi connectivity index (χ0) is 20.1. The van der Waals surface area contributed by atoms with Gasteiger partial charge < -0.3 is 10.1 Å². The van der Waals surface area contributed by atoms with Crippen molar-refractivity contribution in [1.29, 1.82) is 0 Å². The summed E-state index contributed by atoms with van der Waals surface area (Å²) in [4.78, 5) is 12.3. The summed E-state index contributed by atoms with van der Waals surface area (Å²) in [6, 6.07) is 16.8. The van der Waals surface area contributed by atoms with E-state index in [9.17, 15) is 13.2 Å². The molecule has 0 spiro atoms. The molecule has 0 saturated heterocycles. The van der Waals surface area contributed by atoms with Crippen molar-refractivity contribution >= 4 is 21.6 Å². The molecule has 0 atom stereocenters. The summed E-state index contributed by atoms with van der Waals surface area (Å²) < 4.78 is 30.7. The number of nitrogens with zero attached hydrogens (tertiary/aromatic N) is 1. The standard InChI is InChI=1S/C20H26N2O4S/c1-20(2,3)22(27(4,24)25)14-19(23)21-17-10-12-18(13-11-17)26-15-16-8-6-5-7-9-16/h5-13H,14-15H2,1-4H3,(H,21,23). The van der Waals surface area contributed by atoms with Gasteiger partial charge in [-0.1, -0.05) is 30.3 Å². The summed E-state index contributed by atoms with van der Waals surface area (Å²) in [5, 5.41) is 2.72. The maximum absolute atomic E-state index is 12.3. The molecule has 27 heavy (non-hydrogen) atoms. The Morgan fingerprint density at radius 1 is 1.04 bits per heavy atom. The molecule has 2 aromatic carbocycles. The fourth-order valence-corrected chi connectivity index (χ4v) is 3.90. The summed E-state index contributed by atoms with van der Waals surface area (Å²) in [7, 11) is -3.50. The summed E-state index contributed by atoms with van der Waals surface area (Å²) in [5.74, 6) is 0.289. The average Bonchev–Trinajstić information content (AvgIpc) is 2.58. The number of amides is 1. The first-order valence-electron chi connectivity index (χ1n) is 8.60. The van der Waals surface area contributed by atoms with Gasteiger partial charge in [-0.05, 0) is 50.6 Å². The maximum atomic E-state index is 12.3. The monoisotopic (exact) mass is 390 g/mol. The van der Waals surface area contributed by atoms with Gasteiger partial charge in [-0.2, -0.15) is 4.31 Å². The number of carbonyl (C=O) groups is 1. The lowest BCUT2D eigenvalue weighted by molar-refractivity contribution is -0.117. The lowest BCUT2D eigenvalue weighted by Crippen LogP contribution is -2.48. The largest absolute Gasteiger partial charge is 0.489 e. The number of anilines is 1. The molecule has 7 heteroatoms. The van der Waals surface area contributed by atoms with Crippen molar-refractivity contribution in [3.05, 3.63) is 60.2 Å². The van der Waals surface area contributed by atoms with Gasteiger partial charge in [-0.25, -0.2) is 8.42 Å². The maximum Gasteiger partial charge on any atom is 0.239 e. The molecule has 6 nitrogen and oxygen atoms in total. The second-order valence-electron chi connectivity index (χ2n) is 7.29. The highest BCUT2D eigenvalue weighted by molar-refractivity contribution is 7.88. The predicted molar refractivity (Wildman–Crippen MR) is 107 cm³/mol. The number of ether oxygens (including phenoxy) is 1. The van der Waals surface area contributed by atoms with Crippen LogP contribution in [0.25, 0.3) is 0 Å². The van der Waals surface area contributed by atoms with Crippen molar-refractivity contribution < 1.29 is 17.9 Å². The van der Waals surface area contributed by atoms with Gasteiger partial charge in [-0.3, -0.25) is 4.79 Å². The van der Waals surface area contributed by atoms with E-state index in [-0.39, 0.29) is 6.54 Å². The minimum absolute atomic E-state index is 0.241. The molecule has 2 rings (SSSR count). The highest BCUT2D eigenvalue weighted by Gasteiger charge is 2.31. The second-order valence-corrected chi connectivity index (χ2v) is 9.19. The lowest BCUT2D eigenvalue weighted by atomic mass is 10.1. The Kier molecular flexibility index (Phi) is 6.62. The van der Waals surface area contributed by atoms with Crippen LogP contribution in [0, 0.1) is 0 Å². The molecule has 0 radical (unpaired) electrons. The molecule has 1 N–H and O–H groups in total. The lowest BCUT2D eigenvalue weighted by Gasteiger charge is -2.32. The van der Waals surface area contributed by atoms with E-state index < -0.39 is 21.5 Å². The minimum atomic E-state index is -3.50. The minimum Gasteiger partial charge on any atom is -0.489 e. The molecule has 1 amide bonds. The number of hydrogen-bond donors (Lipinski definition) is 1. The van der Waals surface area contributed by atoms with Gasteiger partial charge in [0.05, 0.1) is 12.8 Å². The van der Waals surface area contributed by atoms with Crippen molar-refractivity contribution in [2.45, 2.75) is 32.9 Å². The van der Waals surface area contributed by atoms with Crippen LogP contribution in [0.5, 0.6) is 5.75 Å². The van der Waals surface area contributed by atoms with Crippen LogP contribution in [0.1, 0.15) is 26.3 Å². The Hall–Kier alpha value is -2.38. The zero-order valence-electron chi connectivity index (χ0n) is 16.1. The molecule has 0 heterocycles. The Balaban J connectivity index is 1.94. The van der Waals surface area contributed by atoms with Crippen molar-refractivity contribution in [2.24, 2.45) is 0 Å². The van der Waals surface area contributed by atoms with E-state index in [1.54, 1.807) is 45.0 Å². The smallest absolute Gasteiger partial charge is 0.239 e. The molecule has 0 aliphatic heterocycles. The number of carbonyl (C=O) groups excluding carboxylic acids is 1. The van der Waals surface area contributed by atoms with Crippen molar-refractivity contribution in [2.75, 3.05) is 18.1 Å². The average molecular weight is 391 g/mol. The fourth-order valence-electron chi connectivity index (χ4n) is 2.56. The number of hydrogen-bond acceptors (Lipinski definition) is 4. The highest BCUT2D eigenvalue weighted by Crippen LogP contribution is 2.19. The van der Waals surface area contributed by atoms with E-state index >= 15 is 0 Å². The van der Waals surface area contributed by atoms with E-state index in [4.69, 9.17) is 4.74 Å². The van der Waals surface area contributed by atoms with Gasteiger partial charge in [0.1, 0.15) is 12.4 Å². The Bertz CT molecular complexity index is 857. The van der Waals surface area contributed by atoms with Gasteiger partial charge in [0.15, 0.2) is 0 Å². The van der Waals surface area contributed by atoms with E-state index in [1.807, 2.05) is 30.3 Å². The number of rotatable bonds is 7. The van der Waals surface area contributed by atoms with Crippen LogP contribution in [0.4, 0.5) is 5.69 Å². The molecule has 0 fully saturated rings. The summed E-state index contributed by atoms with van der Waals surface area (Å²) >= 11 is 0. The first-order valence-corrected chi connectivity index (χ1v) is 10.4. The van der Waals surface area contributed by atoms with Crippen molar-refractivity contribution in [1.82, 2.24) is 4.31 Å². The van der Waals surface area contributed by atoms with Gasteiger partial charge in [0.2, 0.25) is 15.9 Å². The van der Waals surface area contributed by atoms with Crippen molar-refractivity contribution in [3.63, 3.8) is 0 Å². The van der Waals surface area contributed by atoms with Crippen LogP contribution >= 0.6 is 0 Å². The predicted octanol–water partition coefficient (Wildman–Crippen LogP) is 3.26. The third kappa shape index (κ3) is 6.69. The van der Waals surface area contributed by atoms with Gasteiger partial charge >= 0.3 is 0 Å². The third-order valence-corrected chi connectivity index (χ3v) is 5.30. The van der Waals surface area contributed by atoms with Crippen LogP contribution in [0.15, 0.2) is 54.6 Å². The van der Waals surface area contributed by atoms with Gasteiger partial charge in [0, 0.05) is 11.2 Å². The SMILES string of the molecule is CC(C)(C)N(CC(=O)Nc1ccc(OCc2ccccc2)cc1)S(C)(=O)=O. The van der Waals surface area contributed by atoms with Crippen LogP contribution in [0.2, 0.25) is 0 Å². The fraction of sp³-hybridized carbons (Fsp3) is 0.350. The first-order chi connectivity index (χ1) is 12.6. The summed E-state index contributed by atoms with van der Waals surface area (Å²) in [5.41, 5.74) is 0.965. The van der Waals surface area contributed by atoms with Crippen LogP contribution in [-0.4, -0.2) is 37.0 Å². The zero-order valence-corrected chi connectivity index (χ0v) is 16.9. The van der Waals surface area contributed by atoms with E-state index in [2.05, 4.69) is 5.32 Å². The second kappa shape index (κ2) is 8.54. The van der Waals surface area contributed by atoms with E-state index in [0.29, 0.717) is 18.0 Å². The Morgan fingerprint density at radius 2 is 1.63 bits per heavy atom. The molecular weight excluding hydrogens is 364 g/mol. The van der Waals surface area contributed by atoms with Gasteiger partial charge in [0.25, 0.3) is 0 Å². The molecule has 146 valence electrons. The Labute approximate surface area is 161 Å². The number of benzene rings is 2. The third-order valence-electron chi connectivity index (χ3n) is 3.82. The summed E-state index contributed by atoms with van der Waals surface area (Å²) in [6.07, 6.45) is 1.10. The molecule has 0 saturated carbocycles. The molecular formula is C20H26N2O4S. The van der Waals surface area contributed by atoms with Gasteiger partial charge in [-0.15, -0.1) is 0 Å². The Morgan fingerprint density at radius 3 is 2.15 bits per heavy atom. The van der Waals surface area contributed by atoms with Crippen LogP contribution < -0.4 is 10.1 Å². The molecule has 0 aromatic heterocycles. The summed E-state index contributed by atoms with van der Waals surface area (Å²) in [6.45, 7) is 5.47. The van der Waals surface area contributed by atoms with E-state index in [1.165, 1.54) is 4.31 Å². The topological polar surface area (TPSA) is 75.7 Å². The first kappa shape index (κ1) is 20.9. The molecule has 2 aromatic rings.